The lowest BCUT2D eigenvalue weighted by molar-refractivity contribution is 0.110. The molecule has 0 aliphatic heterocycles. The summed E-state index contributed by atoms with van der Waals surface area (Å²) in [6, 6.07) is 5.87. The highest BCUT2D eigenvalue weighted by molar-refractivity contribution is 5.91. The van der Waals surface area contributed by atoms with Crippen molar-refractivity contribution in [3.8, 4) is 11.5 Å². The van der Waals surface area contributed by atoms with Crippen LogP contribution in [0.4, 0.5) is 4.39 Å². The number of fused-ring (bicyclic) bond motifs is 1. The smallest absolute Gasteiger partial charge is 0.227 e. The van der Waals surface area contributed by atoms with Crippen LogP contribution >= 0.6 is 0 Å². The van der Waals surface area contributed by atoms with Crippen LogP contribution in [-0.2, 0) is 0 Å². The average Bonchev–Trinajstić information content (AvgIpc) is 2.87. The van der Waals surface area contributed by atoms with E-state index in [1.165, 1.54) is 18.4 Å². The fraction of sp³-hybridized carbons (Fsp3) is 0. The number of hydrogen-bond acceptors (Lipinski definition) is 4. The fourth-order valence-corrected chi connectivity index (χ4v) is 1.59. The maximum Gasteiger partial charge on any atom is 0.227 e. The van der Waals surface area contributed by atoms with E-state index in [0.29, 0.717) is 17.4 Å². The van der Waals surface area contributed by atoms with Gasteiger partial charge in [0, 0.05) is 5.56 Å². The van der Waals surface area contributed by atoms with Gasteiger partial charge in [0.05, 0.1) is 0 Å². The number of carbonyl (C=O) groups excluding carboxylic acids is 1. The molecular weight excluding hydrogens is 225 g/mol. The molecule has 4 nitrogen and oxygen atoms in total. The molecule has 5 heteroatoms. The molecular formula is C12H6FNO3. The highest BCUT2D eigenvalue weighted by Gasteiger charge is 2.14. The van der Waals surface area contributed by atoms with Crippen LogP contribution in [0.2, 0.25) is 0 Å². The Balaban J connectivity index is 2.18. The fourth-order valence-electron chi connectivity index (χ4n) is 1.59. The van der Waals surface area contributed by atoms with Crippen molar-refractivity contribution in [2.75, 3.05) is 0 Å². The first-order valence-corrected chi connectivity index (χ1v) is 4.87. The molecule has 17 heavy (non-hydrogen) atoms. The second-order valence-electron chi connectivity index (χ2n) is 3.46. The lowest BCUT2D eigenvalue weighted by atomic mass is 10.2. The summed E-state index contributed by atoms with van der Waals surface area (Å²) < 4.78 is 23.3. The number of nitrogens with zero attached hydrogens (tertiary/aromatic N) is 1. The molecule has 84 valence electrons. The van der Waals surface area contributed by atoms with E-state index in [9.17, 15) is 9.18 Å². The summed E-state index contributed by atoms with van der Waals surface area (Å²) in [7, 11) is 0. The molecule has 2 aromatic heterocycles. The van der Waals surface area contributed by atoms with Crippen LogP contribution in [0.1, 0.15) is 10.6 Å². The molecule has 0 aliphatic carbocycles. The van der Waals surface area contributed by atoms with E-state index in [0.717, 1.165) is 0 Å². The number of aldehydes is 1. The summed E-state index contributed by atoms with van der Waals surface area (Å²) in [6.45, 7) is 0. The molecule has 0 unspecified atom stereocenters. The molecule has 3 rings (SSSR count). The van der Waals surface area contributed by atoms with Crippen LogP contribution in [0.3, 0.4) is 0 Å². The summed E-state index contributed by atoms with van der Waals surface area (Å²) in [6.07, 6.45) is 1.87. The number of rotatable bonds is 2. The van der Waals surface area contributed by atoms with Gasteiger partial charge < -0.3 is 8.83 Å². The topological polar surface area (TPSA) is 56.2 Å². The Bertz CT molecular complexity index is 699. The molecule has 0 spiro atoms. The predicted octanol–water partition coefficient (Wildman–Crippen LogP) is 3.04. The lowest BCUT2D eigenvalue weighted by Gasteiger charge is -1.94. The first-order valence-electron chi connectivity index (χ1n) is 4.87. The molecule has 0 atom stereocenters. The van der Waals surface area contributed by atoms with E-state index >= 15 is 0 Å². The number of furan rings is 1. The van der Waals surface area contributed by atoms with Crippen molar-refractivity contribution in [2.45, 2.75) is 0 Å². The van der Waals surface area contributed by atoms with Crippen molar-refractivity contribution < 1.29 is 18.0 Å². The van der Waals surface area contributed by atoms with E-state index < -0.39 is 0 Å². The summed E-state index contributed by atoms with van der Waals surface area (Å²) in [5.41, 5.74) is 1.23. The summed E-state index contributed by atoms with van der Waals surface area (Å²) in [5, 5.41) is 0. The number of halogens is 1. The van der Waals surface area contributed by atoms with Gasteiger partial charge in [0.15, 0.2) is 6.29 Å². The van der Waals surface area contributed by atoms with Crippen LogP contribution in [0.15, 0.2) is 39.4 Å². The lowest BCUT2D eigenvalue weighted by Crippen LogP contribution is -1.79. The maximum absolute atomic E-state index is 13.0. The van der Waals surface area contributed by atoms with Crippen molar-refractivity contribution >= 4 is 17.4 Å². The first kappa shape index (κ1) is 9.77. The number of benzene rings is 1. The van der Waals surface area contributed by atoms with E-state index in [1.54, 1.807) is 12.1 Å². The van der Waals surface area contributed by atoms with Crippen LogP contribution in [-0.4, -0.2) is 11.3 Å². The second-order valence-corrected chi connectivity index (χ2v) is 3.46. The van der Waals surface area contributed by atoms with Crippen molar-refractivity contribution in [2.24, 2.45) is 0 Å². The SMILES string of the molecule is O=Cc1occ2nc(-c3cccc(F)c3)oc12. The largest absolute Gasteiger partial charge is 0.455 e. The third-order valence-corrected chi connectivity index (χ3v) is 2.35. The molecule has 0 bridgehead atoms. The zero-order valence-corrected chi connectivity index (χ0v) is 8.51. The van der Waals surface area contributed by atoms with E-state index in [1.807, 2.05) is 0 Å². The van der Waals surface area contributed by atoms with Gasteiger partial charge in [-0.25, -0.2) is 9.37 Å². The van der Waals surface area contributed by atoms with Crippen molar-refractivity contribution in [1.82, 2.24) is 4.98 Å². The molecule has 0 saturated carbocycles. The van der Waals surface area contributed by atoms with Gasteiger partial charge in [0.2, 0.25) is 17.2 Å². The minimum Gasteiger partial charge on any atom is -0.455 e. The Kier molecular flexibility index (Phi) is 2.04. The molecule has 0 fully saturated rings. The minimum absolute atomic E-state index is 0.0788. The van der Waals surface area contributed by atoms with Gasteiger partial charge in [-0.05, 0) is 18.2 Å². The highest BCUT2D eigenvalue weighted by atomic mass is 19.1. The second kappa shape index (κ2) is 3.55. The first-order chi connectivity index (χ1) is 8.28. The van der Waals surface area contributed by atoms with Crippen LogP contribution in [0.25, 0.3) is 22.6 Å². The molecule has 0 saturated heterocycles. The van der Waals surface area contributed by atoms with Gasteiger partial charge in [-0.1, -0.05) is 6.07 Å². The number of carbonyl (C=O) groups is 1. The van der Waals surface area contributed by atoms with Crippen molar-refractivity contribution in [3.05, 3.63) is 42.1 Å². The maximum atomic E-state index is 13.0. The Morgan fingerprint density at radius 1 is 1.35 bits per heavy atom. The van der Waals surface area contributed by atoms with Gasteiger partial charge in [0.1, 0.15) is 17.6 Å². The molecule has 2 heterocycles. The van der Waals surface area contributed by atoms with E-state index in [4.69, 9.17) is 8.83 Å². The predicted molar refractivity (Wildman–Crippen MR) is 57.1 cm³/mol. The molecule has 0 radical (unpaired) electrons. The molecule has 1 aromatic carbocycles. The van der Waals surface area contributed by atoms with Gasteiger partial charge >= 0.3 is 0 Å². The third kappa shape index (κ3) is 1.52. The quantitative estimate of drug-likeness (QED) is 0.636. The van der Waals surface area contributed by atoms with E-state index in [-0.39, 0.29) is 23.1 Å². The van der Waals surface area contributed by atoms with Crippen molar-refractivity contribution in [3.63, 3.8) is 0 Å². The molecule has 0 amide bonds. The summed E-state index contributed by atoms with van der Waals surface area (Å²) in [5.74, 6) is -0.0377. The van der Waals surface area contributed by atoms with E-state index in [2.05, 4.69) is 4.98 Å². The zero-order valence-electron chi connectivity index (χ0n) is 8.51. The highest BCUT2D eigenvalue weighted by Crippen LogP contribution is 2.27. The number of hydrogen-bond donors (Lipinski definition) is 0. The monoisotopic (exact) mass is 231 g/mol. The molecule has 0 N–H and O–H groups in total. The average molecular weight is 231 g/mol. The van der Waals surface area contributed by atoms with Crippen molar-refractivity contribution in [1.29, 1.82) is 0 Å². The number of aromatic nitrogens is 1. The van der Waals surface area contributed by atoms with Gasteiger partial charge in [-0.15, -0.1) is 0 Å². The van der Waals surface area contributed by atoms with Crippen LogP contribution in [0, 0.1) is 5.82 Å². The minimum atomic E-state index is -0.374. The standard InChI is InChI=1S/C12H6FNO3/c13-8-3-1-2-7(4-8)12-14-9-6-16-10(5-15)11(9)17-12/h1-6H. The van der Waals surface area contributed by atoms with Gasteiger partial charge in [0.25, 0.3) is 0 Å². The third-order valence-electron chi connectivity index (χ3n) is 2.35. The zero-order chi connectivity index (χ0) is 11.8. The normalized spacial score (nSPS) is 10.9. The summed E-state index contributed by atoms with van der Waals surface area (Å²) in [4.78, 5) is 14.7. The Morgan fingerprint density at radius 2 is 2.24 bits per heavy atom. The Labute approximate surface area is 94.7 Å². The van der Waals surface area contributed by atoms with Gasteiger partial charge in [-0.3, -0.25) is 4.79 Å². The molecule has 0 aliphatic rings. The molecule has 3 aromatic rings. The summed E-state index contributed by atoms with van der Waals surface area (Å²) >= 11 is 0. The Morgan fingerprint density at radius 3 is 3.00 bits per heavy atom. The van der Waals surface area contributed by atoms with Gasteiger partial charge in [-0.2, -0.15) is 0 Å². The van der Waals surface area contributed by atoms with Crippen LogP contribution < -0.4 is 0 Å². The Hall–Kier alpha value is -2.43. The van der Waals surface area contributed by atoms with Crippen LogP contribution in [0.5, 0.6) is 0 Å². The number of oxazole rings is 1.